The lowest BCUT2D eigenvalue weighted by Gasteiger charge is -2.47. The van der Waals surface area contributed by atoms with Gasteiger partial charge in [0.1, 0.15) is 11.6 Å². The third-order valence-corrected chi connectivity index (χ3v) is 7.62. The van der Waals surface area contributed by atoms with Crippen LogP contribution in [0.2, 0.25) is 5.02 Å². The van der Waals surface area contributed by atoms with Crippen LogP contribution in [0.4, 0.5) is 10.1 Å². The number of phenols is 1. The third-order valence-electron chi connectivity index (χ3n) is 5.75. The van der Waals surface area contributed by atoms with E-state index in [0.717, 1.165) is 5.56 Å². The second-order valence-corrected chi connectivity index (χ2v) is 9.83. The Morgan fingerprint density at radius 1 is 1.27 bits per heavy atom. The van der Waals surface area contributed by atoms with Gasteiger partial charge in [-0.1, -0.05) is 23.7 Å². The van der Waals surface area contributed by atoms with Crippen LogP contribution in [-0.2, 0) is 16.6 Å². The van der Waals surface area contributed by atoms with Crippen LogP contribution in [0, 0.1) is 5.82 Å². The normalized spacial score (nSPS) is 25.4. The molecule has 4 rings (SSSR count). The van der Waals surface area contributed by atoms with Gasteiger partial charge in [-0.2, -0.15) is 0 Å². The Morgan fingerprint density at radius 2 is 2.03 bits per heavy atom. The number of sulfonamides is 1. The Hall–Kier alpha value is -1.80. The van der Waals surface area contributed by atoms with Crippen LogP contribution in [0.5, 0.6) is 5.75 Å². The van der Waals surface area contributed by atoms with Crippen LogP contribution in [0.25, 0.3) is 0 Å². The van der Waals surface area contributed by atoms with E-state index in [2.05, 4.69) is 11.8 Å². The number of hydrogen-bond acceptors (Lipinski definition) is 4. The van der Waals surface area contributed by atoms with Crippen molar-refractivity contribution in [2.24, 2.45) is 0 Å². The number of phenolic OH excluding ortho intramolecular Hbond substituents is 1. The minimum atomic E-state index is -3.65. The number of aromatic hydroxyl groups is 1. The molecule has 30 heavy (non-hydrogen) atoms. The fourth-order valence-electron chi connectivity index (χ4n) is 4.36. The third kappa shape index (κ3) is 4.17. The zero-order valence-corrected chi connectivity index (χ0v) is 18.7. The number of likely N-dealkylation sites (tertiary alicyclic amines) is 1. The molecule has 2 aromatic carbocycles. The highest BCUT2D eigenvalue weighted by atomic mass is 35.5. The number of nitrogens with zero attached hydrogens (tertiary/aromatic N) is 2. The van der Waals surface area contributed by atoms with E-state index in [4.69, 9.17) is 11.6 Å². The second-order valence-electron chi connectivity index (χ2n) is 7.75. The van der Waals surface area contributed by atoms with Gasteiger partial charge in [0.25, 0.3) is 10.0 Å². The van der Waals surface area contributed by atoms with Crippen LogP contribution in [-0.4, -0.2) is 36.5 Å². The molecule has 0 saturated carbocycles. The molecule has 0 radical (unpaired) electrons. The second kappa shape index (κ2) is 8.38. The van der Waals surface area contributed by atoms with Crippen LogP contribution < -0.4 is 4.31 Å². The molecule has 2 aliphatic heterocycles. The molecule has 0 aliphatic carbocycles. The zero-order chi connectivity index (χ0) is 20.8. The van der Waals surface area contributed by atoms with Crippen molar-refractivity contribution < 1.29 is 17.9 Å². The van der Waals surface area contributed by atoms with Gasteiger partial charge in [-0.3, -0.25) is 9.21 Å². The number of halogens is 3. The van der Waals surface area contributed by atoms with Gasteiger partial charge >= 0.3 is 0 Å². The molecule has 2 heterocycles. The summed E-state index contributed by atoms with van der Waals surface area (Å²) in [6, 6.07) is 11.0. The Bertz CT molecular complexity index is 1080. The quantitative estimate of drug-likeness (QED) is 0.703. The smallest absolute Gasteiger partial charge is 0.258 e. The molecule has 2 aliphatic rings. The van der Waals surface area contributed by atoms with Gasteiger partial charge in [-0.05, 0) is 61.7 Å². The van der Waals surface area contributed by atoms with Gasteiger partial charge in [0.05, 0.1) is 16.2 Å². The molecule has 162 valence electrons. The fraction of sp³-hybridized carbons (Fsp3) is 0.333. The van der Waals surface area contributed by atoms with Crippen LogP contribution in [0.1, 0.15) is 25.3 Å². The summed E-state index contributed by atoms with van der Waals surface area (Å²) in [6.07, 6.45) is 2.93. The topological polar surface area (TPSA) is 60.9 Å². The summed E-state index contributed by atoms with van der Waals surface area (Å²) in [5.41, 5.74) is 0.628. The average molecular weight is 473 g/mol. The Morgan fingerprint density at radius 3 is 2.70 bits per heavy atom. The van der Waals surface area contributed by atoms with Crippen molar-refractivity contribution in [3.05, 3.63) is 70.4 Å². The molecule has 2 atom stereocenters. The van der Waals surface area contributed by atoms with E-state index in [9.17, 15) is 17.9 Å². The lowest BCUT2D eigenvalue weighted by molar-refractivity contribution is 0.119. The minimum absolute atomic E-state index is 0. The Balaban J connectivity index is 0.00000256. The number of hydrogen-bond donors (Lipinski definition) is 1. The first-order valence-corrected chi connectivity index (χ1v) is 11.3. The lowest BCUT2D eigenvalue weighted by atomic mass is 9.83. The minimum Gasteiger partial charge on any atom is -0.506 e. The molecule has 1 fully saturated rings. The fourth-order valence-corrected chi connectivity index (χ4v) is 6.25. The highest BCUT2D eigenvalue weighted by Crippen LogP contribution is 2.43. The maximum atomic E-state index is 13.8. The van der Waals surface area contributed by atoms with Gasteiger partial charge in [0.15, 0.2) is 0 Å². The summed E-state index contributed by atoms with van der Waals surface area (Å²) >= 11 is 6.02. The van der Waals surface area contributed by atoms with Gasteiger partial charge in [0, 0.05) is 24.5 Å². The molecule has 0 amide bonds. The van der Waals surface area contributed by atoms with Crippen molar-refractivity contribution in [3.63, 3.8) is 0 Å². The van der Waals surface area contributed by atoms with Crippen molar-refractivity contribution in [2.75, 3.05) is 10.8 Å². The van der Waals surface area contributed by atoms with E-state index in [1.165, 1.54) is 27.9 Å². The van der Waals surface area contributed by atoms with E-state index in [0.29, 0.717) is 36.6 Å². The van der Waals surface area contributed by atoms with Crippen molar-refractivity contribution >= 4 is 39.7 Å². The Kier molecular flexibility index (Phi) is 6.39. The molecule has 0 aromatic heterocycles. The van der Waals surface area contributed by atoms with Crippen molar-refractivity contribution in [1.82, 2.24) is 4.90 Å². The summed E-state index contributed by atoms with van der Waals surface area (Å²) in [4.78, 5) is 2.26. The van der Waals surface area contributed by atoms with E-state index in [1.807, 2.05) is 6.07 Å². The van der Waals surface area contributed by atoms with Gasteiger partial charge in [-0.15, -0.1) is 12.4 Å². The number of rotatable bonds is 3. The standard InChI is InChI=1S/C21H22ClFN2O3S.ClH/c1-15-13-21(7-9-24(15)14-16-5-6-20(26)19(22)11-16)8-10-29(27,28)25(21)18-4-2-3-17(23)12-18;/h2-6,8,10-12,15,26H,7,9,13-14H2,1H3;1H/t15-,21-;/m0./s1. The molecular weight excluding hydrogens is 450 g/mol. The van der Waals surface area contributed by atoms with Crippen LogP contribution >= 0.6 is 24.0 Å². The molecule has 2 aromatic rings. The summed E-state index contributed by atoms with van der Waals surface area (Å²) in [6.45, 7) is 3.38. The highest BCUT2D eigenvalue weighted by molar-refractivity contribution is 7.96. The molecule has 1 saturated heterocycles. The van der Waals surface area contributed by atoms with Crippen molar-refractivity contribution in [2.45, 2.75) is 37.9 Å². The SMILES string of the molecule is C[C@H]1C[C@@]2(C=CS(=O)(=O)N2c2cccc(F)c2)CCN1Cc1ccc(O)c(Cl)c1.Cl. The maximum absolute atomic E-state index is 13.8. The van der Waals surface area contributed by atoms with E-state index < -0.39 is 21.4 Å². The van der Waals surface area contributed by atoms with Gasteiger partial charge in [0.2, 0.25) is 0 Å². The summed E-state index contributed by atoms with van der Waals surface area (Å²) in [5.74, 6) is -0.414. The van der Waals surface area contributed by atoms with E-state index in [1.54, 1.807) is 24.3 Å². The summed E-state index contributed by atoms with van der Waals surface area (Å²) < 4.78 is 40.7. The number of benzene rings is 2. The first-order chi connectivity index (χ1) is 13.7. The van der Waals surface area contributed by atoms with Crippen LogP contribution in [0.3, 0.4) is 0 Å². The monoisotopic (exact) mass is 472 g/mol. The maximum Gasteiger partial charge on any atom is 0.258 e. The average Bonchev–Trinajstić information content (AvgIpc) is 2.91. The molecule has 9 heteroatoms. The first kappa shape index (κ1) is 22.9. The Labute approximate surface area is 187 Å². The zero-order valence-electron chi connectivity index (χ0n) is 16.3. The van der Waals surface area contributed by atoms with E-state index >= 15 is 0 Å². The highest BCUT2D eigenvalue weighted by Gasteiger charge is 2.49. The van der Waals surface area contributed by atoms with Gasteiger partial charge in [-0.25, -0.2) is 12.8 Å². The molecule has 5 nitrogen and oxygen atoms in total. The molecular formula is C21H23Cl2FN2O3S. The molecule has 0 bridgehead atoms. The van der Waals surface area contributed by atoms with Crippen molar-refractivity contribution in [3.8, 4) is 5.75 Å². The summed E-state index contributed by atoms with van der Waals surface area (Å²) in [5, 5.41) is 11.2. The van der Waals surface area contributed by atoms with Crippen molar-refractivity contribution in [1.29, 1.82) is 0 Å². The first-order valence-electron chi connectivity index (χ1n) is 9.42. The molecule has 1 spiro atoms. The number of anilines is 1. The predicted molar refractivity (Wildman–Crippen MR) is 119 cm³/mol. The summed E-state index contributed by atoms with van der Waals surface area (Å²) in [7, 11) is -3.65. The largest absolute Gasteiger partial charge is 0.506 e. The van der Waals surface area contributed by atoms with Crippen LogP contribution in [0.15, 0.2) is 53.9 Å². The van der Waals surface area contributed by atoms with Gasteiger partial charge < -0.3 is 5.11 Å². The van der Waals surface area contributed by atoms with E-state index in [-0.39, 0.29) is 24.2 Å². The molecule has 0 unspecified atom stereocenters. The lowest BCUT2D eigenvalue weighted by Crippen LogP contribution is -2.56. The number of piperidine rings is 1. The predicted octanol–water partition coefficient (Wildman–Crippen LogP) is 4.69. The molecule has 1 N–H and O–H groups in total.